The monoisotopic (exact) mass is 494 g/mol. The van der Waals surface area contributed by atoms with Crippen LogP contribution >= 0.6 is 0 Å². The van der Waals surface area contributed by atoms with Gasteiger partial charge in [0.25, 0.3) is 0 Å². The topological polar surface area (TPSA) is 93.6 Å². The van der Waals surface area contributed by atoms with E-state index in [1.54, 1.807) is 0 Å². The predicted molar refractivity (Wildman–Crippen MR) is 151 cm³/mol. The Morgan fingerprint density at radius 3 is 2.25 bits per heavy atom. The number of aromatic nitrogens is 2. The number of nitrogen functional groups attached to an aromatic ring is 1. The molecule has 1 aromatic carbocycles. The van der Waals surface area contributed by atoms with Crippen molar-refractivity contribution in [2.24, 2.45) is 10.9 Å². The molecular weight excluding hydrogens is 448 g/mol. The van der Waals surface area contributed by atoms with Crippen LogP contribution in [0.5, 0.6) is 5.88 Å². The largest absolute Gasteiger partial charge is 0.469 e. The van der Waals surface area contributed by atoms with Crippen molar-refractivity contribution in [3.05, 3.63) is 53.9 Å². The summed E-state index contributed by atoms with van der Waals surface area (Å²) in [5.41, 5.74) is 11.1. The first kappa shape index (κ1) is 29.5. The maximum atomic E-state index is 7.00. The maximum Gasteiger partial charge on any atom is 0.245 e. The molecule has 0 atom stereocenters. The van der Waals surface area contributed by atoms with E-state index in [9.17, 15) is 0 Å². The highest BCUT2D eigenvalue weighted by molar-refractivity contribution is 6.04. The van der Waals surface area contributed by atoms with Gasteiger partial charge in [-0.15, -0.1) is 6.58 Å². The fourth-order valence-corrected chi connectivity index (χ4v) is 4.72. The minimum absolute atomic E-state index is 0.349. The molecule has 1 aliphatic heterocycles. The summed E-state index contributed by atoms with van der Waals surface area (Å²) in [6, 6.07) is 8.79. The van der Waals surface area contributed by atoms with Crippen molar-refractivity contribution < 1.29 is 9.84 Å². The third-order valence-electron chi connectivity index (χ3n) is 6.91. The molecule has 3 N–H and O–H groups in total. The van der Waals surface area contributed by atoms with Crippen molar-refractivity contribution in [2.45, 2.75) is 90.9 Å². The standard InChI is InChI=1S/C23H28N4O.C6H14.CH4O/c1-15(2)3-4-16-5-7-17(8-6-16)18-9-11-19(12-10-18)20-13-28-23-21(27-20)22(24)25-14-26-23;1-3-5-6-4-2;1-2/h9-12,14,16-17H,1,3-8,13H2,2H3,(H2,24,25,26);3-6H2,1-2H3;2H,1H3. The van der Waals surface area contributed by atoms with E-state index in [-0.39, 0.29) is 0 Å². The molecule has 6 nitrogen and oxygen atoms in total. The van der Waals surface area contributed by atoms with Crippen LogP contribution in [-0.2, 0) is 0 Å². The number of aliphatic imine (C=N–C) groups is 1. The SMILES string of the molecule is C=C(C)CCC1CCC(c2ccc(C3=Nc4c(N)ncnc4OC3)cc2)CC1.CCCCCC.CO. The first-order valence-corrected chi connectivity index (χ1v) is 13.5. The maximum absolute atomic E-state index is 7.00. The van der Waals surface area contributed by atoms with Gasteiger partial charge >= 0.3 is 0 Å². The Morgan fingerprint density at radius 2 is 1.67 bits per heavy atom. The van der Waals surface area contributed by atoms with Crippen LogP contribution in [-0.4, -0.2) is 34.5 Å². The van der Waals surface area contributed by atoms with Crippen LogP contribution in [0.1, 0.15) is 102 Å². The first-order chi connectivity index (χ1) is 17.5. The molecule has 2 aliphatic rings. The number of unbranched alkanes of at least 4 members (excludes halogenated alkanes) is 3. The van der Waals surface area contributed by atoms with Gasteiger partial charge in [0, 0.05) is 7.11 Å². The van der Waals surface area contributed by atoms with E-state index >= 15 is 0 Å². The Kier molecular flexibility index (Phi) is 13.2. The van der Waals surface area contributed by atoms with Crippen molar-refractivity contribution in [3.63, 3.8) is 0 Å². The van der Waals surface area contributed by atoms with Crippen LogP contribution in [0.3, 0.4) is 0 Å². The Bertz CT molecular complexity index is 944. The van der Waals surface area contributed by atoms with E-state index in [4.69, 9.17) is 15.6 Å². The zero-order valence-electron chi connectivity index (χ0n) is 22.8. The van der Waals surface area contributed by atoms with E-state index < -0.39 is 0 Å². The highest BCUT2D eigenvalue weighted by Gasteiger charge is 2.23. The van der Waals surface area contributed by atoms with Crippen LogP contribution in [0.4, 0.5) is 11.5 Å². The number of rotatable bonds is 8. The number of allylic oxidation sites excluding steroid dienone is 1. The number of nitrogens with two attached hydrogens (primary N) is 1. The number of hydrogen-bond donors (Lipinski definition) is 2. The summed E-state index contributed by atoms with van der Waals surface area (Å²) in [4.78, 5) is 12.7. The van der Waals surface area contributed by atoms with Gasteiger partial charge in [0.2, 0.25) is 5.88 Å². The lowest BCUT2D eigenvalue weighted by molar-refractivity contribution is 0.310. The number of ether oxygens (including phenoxy) is 1. The average Bonchev–Trinajstić information content (AvgIpc) is 2.93. The fourth-order valence-electron chi connectivity index (χ4n) is 4.72. The molecule has 1 saturated carbocycles. The lowest BCUT2D eigenvalue weighted by atomic mass is 9.77. The van der Waals surface area contributed by atoms with Gasteiger partial charge < -0.3 is 15.6 Å². The summed E-state index contributed by atoms with van der Waals surface area (Å²) < 4.78 is 5.70. The van der Waals surface area contributed by atoms with Crippen LogP contribution in [0, 0.1) is 5.92 Å². The summed E-state index contributed by atoms with van der Waals surface area (Å²) in [6.07, 6.45) is 14.6. The quantitative estimate of drug-likeness (QED) is 0.294. The first-order valence-electron chi connectivity index (χ1n) is 13.5. The lowest BCUT2D eigenvalue weighted by Crippen LogP contribution is -2.18. The summed E-state index contributed by atoms with van der Waals surface area (Å²) in [5.74, 6) is 2.34. The van der Waals surface area contributed by atoms with E-state index in [1.165, 1.54) is 81.7 Å². The van der Waals surface area contributed by atoms with Gasteiger partial charge in [-0.05, 0) is 68.4 Å². The van der Waals surface area contributed by atoms with Crippen molar-refractivity contribution in [1.29, 1.82) is 0 Å². The molecule has 2 heterocycles. The van der Waals surface area contributed by atoms with Crippen molar-refractivity contribution in [2.75, 3.05) is 19.5 Å². The van der Waals surface area contributed by atoms with Gasteiger partial charge in [0.15, 0.2) is 11.5 Å². The molecule has 0 radical (unpaired) electrons. The number of hydrogen-bond acceptors (Lipinski definition) is 6. The molecule has 0 saturated heterocycles. The van der Waals surface area contributed by atoms with E-state index in [2.05, 4.69) is 66.6 Å². The number of anilines is 1. The number of aliphatic hydroxyl groups excluding tert-OH is 1. The molecule has 36 heavy (non-hydrogen) atoms. The van der Waals surface area contributed by atoms with E-state index in [1.807, 2.05) is 0 Å². The molecule has 0 amide bonds. The van der Waals surface area contributed by atoms with Gasteiger partial charge in [-0.2, -0.15) is 4.98 Å². The Labute approximate surface area is 218 Å². The summed E-state index contributed by atoms with van der Waals surface area (Å²) in [6.45, 7) is 11.0. The molecule has 4 rings (SSSR count). The second-order valence-corrected chi connectivity index (χ2v) is 9.80. The molecule has 1 aromatic heterocycles. The van der Waals surface area contributed by atoms with Gasteiger partial charge in [-0.1, -0.05) is 69.4 Å². The summed E-state index contributed by atoms with van der Waals surface area (Å²) >= 11 is 0. The van der Waals surface area contributed by atoms with Crippen molar-refractivity contribution >= 4 is 17.2 Å². The second kappa shape index (κ2) is 16.1. The third kappa shape index (κ3) is 9.05. The minimum atomic E-state index is 0.349. The highest BCUT2D eigenvalue weighted by Crippen LogP contribution is 2.38. The van der Waals surface area contributed by atoms with E-state index in [0.717, 1.165) is 24.3 Å². The number of nitrogens with zero attached hydrogens (tertiary/aromatic N) is 3. The molecule has 1 fully saturated rings. The molecule has 6 heteroatoms. The van der Waals surface area contributed by atoms with Crippen molar-refractivity contribution in [3.8, 4) is 5.88 Å². The third-order valence-corrected chi connectivity index (χ3v) is 6.91. The van der Waals surface area contributed by atoms with Crippen LogP contribution in [0.15, 0.2) is 47.7 Å². The normalized spacial score (nSPS) is 18.3. The molecule has 198 valence electrons. The van der Waals surface area contributed by atoms with Gasteiger partial charge in [0.05, 0.1) is 5.71 Å². The predicted octanol–water partition coefficient (Wildman–Crippen LogP) is 7.40. The summed E-state index contributed by atoms with van der Waals surface area (Å²) in [7, 11) is 1.00. The number of benzene rings is 1. The smallest absolute Gasteiger partial charge is 0.245 e. The molecule has 2 aromatic rings. The van der Waals surface area contributed by atoms with Crippen LogP contribution in [0.2, 0.25) is 0 Å². The van der Waals surface area contributed by atoms with Gasteiger partial charge in [-0.3, -0.25) is 0 Å². The van der Waals surface area contributed by atoms with Crippen molar-refractivity contribution in [1.82, 2.24) is 9.97 Å². The molecule has 0 bridgehead atoms. The average molecular weight is 495 g/mol. The highest BCUT2D eigenvalue weighted by atomic mass is 16.5. The molecule has 1 aliphatic carbocycles. The summed E-state index contributed by atoms with van der Waals surface area (Å²) in [5, 5.41) is 7.00. The molecule has 0 spiro atoms. The van der Waals surface area contributed by atoms with Crippen LogP contribution < -0.4 is 10.5 Å². The number of fused-ring (bicyclic) bond motifs is 1. The van der Waals surface area contributed by atoms with Gasteiger partial charge in [0.1, 0.15) is 12.9 Å². The van der Waals surface area contributed by atoms with Crippen LogP contribution in [0.25, 0.3) is 0 Å². The van der Waals surface area contributed by atoms with Gasteiger partial charge in [-0.25, -0.2) is 9.98 Å². The Morgan fingerprint density at radius 1 is 1.03 bits per heavy atom. The zero-order valence-corrected chi connectivity index (χ0v) is 22.8. The fraction of sp³-hybridized carbons (Fsp3) is 0.567. The molecule has 0 unspecified atom stereocenters. The van der Waals surface area contributed by atoms with E-state index in [0.29, 0.717) is 29.9 Å². The second-order valence-electron chi connectivity index (χ2n) is 9.80. The Balaban J connectivity index is 0.000000502. The zero-order chi connectivity index (χ0) is 26.3. The lowest BCUT2D eigenvalue weighted by Gasteiger charge is -2.29. The minimum Gasteiger partial charge on any atom is -0.469 e. The Hall–Kier alpha value is -2.73. The molecular formula is C30H46N4O2. The number of aliphatic hydroxyl groups is 1.